The van der Waals surface area contributed by atoms with Gasteiger partial charge in [-0.3, -0.25) is 4.79 Å². The molecule has 0 saturated heterocycles. The highest BCUT2D eigenvalue weighted by atomic mass is 32.2. The van der Waals surface area contributed by atoms with E-state index in [2.05, 4.69) is 4.99 Å². The van der Waals surface area contributed by atoms with E-state index in [-0.39, 0.29) is 16.3 Å². The minimum absolute atomic E-state index is 0.127. The minimum Gasteiger partial charge on any atom is -0.317 e. The number of halogens is 1. The molecule has 0 N–H and O–H groups in total. The Hall–Kier alpha value is -2.36. The lowest BCUT2D eigenvalue weighted by Gasteiger charge is -2.16. The fourth-order valence-electron chi connectivity index (χ4n) is 2.87. The highest BCUT2D eigenvalue weighted by molar-refractivity contribution is 7.89. The number of thiazole rings is 1. The van der Waals surface area contributed by atoms with E-state index in [1.165, 1.54) is 50.5 Å². The van der Waals surface area contributed by atoms with E-state index < -0.39 is 15.9 Å². The maximum absolute atomic E-state index is 14.0. The molecule has 1 heterocycles. The zero-order valence-corrected chi connectivity index (χ0v) is 18.1. The Morgan fingerprint density at radius 1 is 1.21 bits per heavy atom. The van der Waals surface area contributed by atoms with Crippen LogP contribution >= 0.6 is 11.3 Å². The summed E-state index contributed by atoms with van der Waals surface area (Å²) in [5, 5.41) is 0. The number of benzene rings is 2. The van der Waals surface area contributed by atoms with Gasteiger partial charge in [0.2, 0.25) is 10.0 Å². The van der Waals surface area contributed by atoms with Crippen LogP contribution in [0.3, 0.4) is 0 Å². The highest BCUT2D eigenvalue weighted by Gasteiger charge is 2.20. The first kappa shape index (κ1) is 21.4. The molecule has 29 heavy (non-hydrogen) atoms. The van der Waals surface area contributed by atoms with E-state index in [1.807, 2.05) is 6.92 Å². The number of aromatic nitrogens is 1. The van der Waals surface area contributed by atoms with Crippen LogP contribution in [0.5, 0.6) is 0 Å². The molecule has 0 aliphatic heterocycles. The van der Waals surface area contributed by atoms with Crippen molar-refractivity contribution in [2.45, 2.75) is 24.7 Å². The Morgan fingerprint density at radius 2 is 1.90 bits per heavy atom. The third-order valence-electron chi connectivity index (χ3n) is 4.61. The normalized spacial score (nSPS) is 12.8. The topological polar surface area (TPSA) is 71.7 Å². The lowest BCUT2D eigenvalue weighted by atomic mass is 10.2. The van der Waals surface area contributed by atoms with Crippen LogP contribution in [0.4, 0.5) is 4.39 Å². The van der Waals surface area contributed by atoms with Gasteiger partial charge in [0.25, 0.3) is 5.91 Å². The molecule has 9 heteroatoms. The Balaban J connectivity index is 1.89. The maximum Gasteiger partial charge on any atom is 0.279 e. The quantitative estimate of drug-likeness (QED) is 0.595. The molecule has 0 saturated carbocycles. The predicted octanol–water partition coefficient (Wildman–Crippen LogP) is 3.54. The molecule has 1 aromatic heterocycles. The summed E-state index contributed by atoms with van der Waals surface area (Å²) >= 11 is 1.21. The number of rotatable bonds is 6. The van der Waals surface area contributed by atoms with Crippen molar-refractivity contribution in [3.05, 3.63) is 58.6 Å². The van der Waals surface area contributed by atoms with E-state index in [0.29, 0.717) is 21.6 Å². The van der Waals surface area contributed by atoms with Crippen LogP contribution in [-0.4, -0.2) is 36.8 Å². The fraction of sp³-hybridized carbons (Fsp3) is 0.300. The summed E-state index contributed by atoms with van der Waals surface area (Å²) < 4.78 is 42.7. The average molecular weight is 436 g/mol. The molecular formula is C20H22FN3O3S2. The summed E-state index contributed by atoms with van der Waals surface area (Å²) in [4.78, 5) is 17.1. The maximum atomic E-state index is 14.0. The van der Waals surface area contributed by atoms with Gasteiger partial charge in [0.15, 0.2) is 4.80 Å². The van der Waals surface area contributed by atoms with Gasteiger partial charge in [0, 0.05) is 26.2 Å². The lowest BCUT2D eigenvalue weighted by molar-refractivity contribution is 0.0998. The first-order valence-electron chi connectivity index (χ1n) is 9.15. The van der Waals surface area contributed by atoms with Crippen molar-refractivity contribution in [3.8, 4) is 0 Å². The molecule has 0 bridgehead atoms. The Labute approximate surface area is 173 Å². The smallest absolute Gasteiger partial charge is 0.279 e. The van der Waals surface area contributed by atoms with Gasteiger partial charge in [0.1, 0.15) is 5.82 Å². The van der Waals surface area contributed by atoms with Crippen LogP contribution in [0.15, 0.2) is 52.4 Å². The number of unbranched alkanes of at least 4 members (excludes halogenated alkanes) is 1. The van der Waals surface area contributed by atoms with E-state index in [9.17, 15) is 17.6 Å². The molecule has 0 aliphatic rings. The number of sulfonamides is 1. The van der Waals surface area contributed by atoms with Crippen LogP contribution in [0.2, 0.25) is 0 Å². The van der Waals surface area contributed by atoms with Crippen LogP contribution in [-0.2, 0) is 17.1 Å². The second-order valence-corrected chi connectivity index (χ2v) is 9.71. The number of hydrogen-bond donors (Lipinski definition) is 0. The molecule has 3 rings (SSSR count). The van der Waals surface area contributed by atoms with Crippen molar-refractivity contribution in [1.82, 2.24) is 8.87 Å². The van der Waals surface area contributed by atoms with Gasteiger partial charge in [-0.05, 0) is 42.8 Å². The van der Waals surface area contributed by atoms with Crippen molar-refractivity contribution in [2.24, 2.45) is 12.0 Å². The Bertz CT molecular complexity index is 1210. The van der Waals surface area contributed by atoms with Crippen molar-refractivity contribution >= 4 is 37.5 Å². The molecule has 0 spiro atoms. The molecule has 0 aliphatic carbocycles. The molecule has 1 amide bonds. The number of carbonyl (C=O) groups is 1. The van der Waals surface area contributed by atoms with Crippen LogP contribution in [0.1, 0.15) is 30.1 Å². The van der Waals surface area contributed by atoms with Gasteiger partial charge < -0.3 is 4.57 Å². The molecule has 0 radical (unpaired) electrons. The van der Waals surface area contributed by atoms with Crippen molar-refractivity contribution in [3.63, 3.8) is 0 Å². The number of hydrogen-bond acceptors (Lipinski definition) is 4. The third-order valence-corrected chi connectivity index (χ3v) is 7.57. The third kappa shape index (κ3) is 4.31. The van der Waals surface area contributed by atoms with E-state index in [1.54, 1.807) is 26.2 Å². The summed E-state index contributed by atoms with van der Waals surface area (Å²) in [6.45, 7) is 2.43. The standard InChI is InChI=1S/C20H22FN3O3S2/c1-4-5-13-23(2)29(26,27)15-11-9-14(10-12-15)19(25)22-20-24(3)18-16(21)7-6-8-17(18)28-20/h6-12H,4-5,13H2,1-3H3. The summed E-state index contributed by atoms with van der Waals surface area (Å²) in [7, 11) is -0.403. The minimum atomic E-state index is -3.59. The molecule has 0 atom stereocenters. The molecule has 154 valence electrons. The number of amides is 1. The summed E-state index contributed by atoms with van der Waals surface area (Å²) in [5.74, 6) is -0.896. The van der Waals surface area contributed by atoms with E-state index in [0.717, 1.165) is 12.8 Å². The zero-order valence-electron chi connectivity index (χ0n) is 16.4. The molecule has 0 unspecified atom stereocenters. The average Bonchev–Trinajstić information content (AvgIpc) is 3.02. The zero-order chi connectivity index (χ0) is 21.2. The second kappa shape index (κ2) is 8.56. The summed E-state index contributed by atoms with van der Waals surface area (Å²) in [5.41, 5.74) is 0.652. The van der Waals surface area contributed by atoms with Gasteiger partial charge in [-0.25, -0.2) is 17.1 Å². The van der Waals surface area contributed by atoms with Gasteiger partial charge in [-0.15, -0.1) is 0 Å². The molecule has 0 fully saturated rings. The number of para-hydroxylation sites is 1. The summed E-state index contributed by atoms with van der Waals surface area (Å²) in [6.07, 6.45) is 1.67. The largest absolute Gasteiger partial charge is 0.317 e. The van der Waals surface area contributed by atoms with Crippen molar-refractivity contribution in [1.29, 1.82) is 0 Å². The SMILES string of the molecule is CCCCN(C)S(=O)(=O)c1ccc(C(=O)N=c2sc3cccc(F)c3n2C)cc1. The Morgan fingerprint density at radius 3 is 2.52 bits per heavy atom. The van der Waals surface area contributed by atoms with Crippen LogP contribution < -0.4 is 4.80 Å². The van der Waals surface area contributed by atoms with Crippen molar-refractivity contribution in [2.75, 3.05) is 13.6 Å². The summed E-state index contributed by atoms with van der Waals surface area (Å²) in [6, 6.07) is 10.4. The molecular weight excluding hydrogens is 413 g/mol. The van der Waals surface area contributed by atoms with Crippen LogP contribution in [0, 0.1) is 5.82 Å². The fourth-order valence-corrected chi connectivity index (χ4v) is 5.11. The lowest BCUT2D eigenvalue weighted by Crippen LogP contribution is -2.27. The number of nitrogens with zero attached hydrogens (tertiary/aromatic N) is 3. The van der Waals surface area contributed by atoms with E-state index >= 15 is 0 Å². The predicted molar refractivity (Wildman–Crippen MR) is 112 cm³/mol. The molecule has 6 nitrogen and oxygen atoms in total. The number of aryl methyl sites for hydroxylation is 1. The van der Waals surface area contributed by atoms with Gasteiger partial charge in [0.05, 0.1) is 15.1 Å². The monoisotopic (exact) mass is 435 g/mol. The van der Waals surface area contributed by atoms with E-state index in [4.69, 9.17) is 0 Å². The van der Waals surface area contributed by atoms with Crippen molar-refractivity contribution < 1.29 is 17.6 Å². The molecule has 3 aromatic rings. The first-order chi connectivity index (χ1) is 13.8. The van der Waals surface area contributed by atoms with Gasteiger partial charge in [-0.1, -0.05) is 30.7 Å². The van der Waals surface area contributed by atoms with Gasteiger partial charge >= 0.3 is 0 Å². The highest BCUT2D eigenvalue weighted by Crippen LogP contribution is 2.20. The molecule has 2 aromatic carbocycles. The Kier molecular flexibility index (Phi) is 6.30. The second-order valence-electron chi connectivity index (χ2n) is 6.65. The van der Waals surface area contributed by atoms with Crippen LogP contribution in [0.25, 0.3) is 10.2 Å². The van der Waals surface area contributed by atoms with Gasteiger partial charge in [-0.2, -0.15) is 4.99 Å². The first-order valence-corrected chi connectivity index (χ1v) is 11.4. The number of fused-ring (bicyclic) bond motifs is 1. The number of carbonyl (C=O) groups excluding carboxylic acids is 1.